The van der Waals surface area contributed by atoms with Crippen LogP contribution >= 0.6 is 0 Å². The summed E-state index contributed by atoms with van der Waals surface area (Å²) in [6.45, 7) is 4.03. The van der Waals surface area contributed by atoms with Crippen molar-refractivity contribution in [2.24, 2.45) is 5.92 Å². The minimum Gasteiger partial charge on any atom is -0.332 e. The van der Waals surface area contributed by atoms with E-state index in [2.05, 4.69) is 10.1 Å². The lowest BCUT2D eigenvalue weighted by Crippen LogP contribution is -2.41. The molecule has 1 atom stereocenters. The summed E-state index contributed by atoms with van der Waals surface area (Å²) in [6.07, 6.45) is 8.09. The number of H-pyrrole nitrogens is 1. The second-order valence-electron chi connectivity index (χ2n) is 9.06. The molecular formula is C23H30N6O3. The molecule has 4 heterocycles. The fourth-order valence-electron chi connectivity index (χ4n) is 5.43. The second-order valence-corrected chi connectivity index (χ2v) is 9.06. The van der Waals surface area contributed by atoms with Gasteiger partial charge in [0.05, 0.1) is 23.8 Å². The van der Waals surface area contributed by atoms with E-state index in [9.17, 15) is 14.4 Å². The Morgan fingerprint density at radius 3 is 2.75 bits per heavy atom. The van der Waals surface area contributed by atoms with E-state index in [1.165, 1.54) is 0 Å². The highest BCUT2D eigenvalue weighted by molar-refractivity contribution is 5.92. The fraction of sp³-hybridized carbons (Fsp3) is 0.609. The molecule has 5 rings (SSSR count). The maximum absolute atomic E-state index is 13.0. The van der Waals surface area contributed by atoms with Crippen LogP contribution in [0, 0.1) is 5.92 Å². The number of carbonyl (C=O) groups excluding carboxylic acids is 2. The van der Waals surface area contributed by atoms with E-state index in [4.69, 9.17) is 4.98 Å². The SMILES string of the molecule is CCn1nccc1C(=O)N1CCc2nc([C@@H]3CCCN3C(=O)C3CCCC3)[nH]c(=O)c2C1. The summed E-state index contributed by atoms with van der Waals surface area (Å²) < 4.78 is 1.67. The van der Waals surface area contributed by atoms with E-state index in [0.717, 1.165) is 50.8 Å². The molecule has 0 spiro atoms. The van der Waals surface area contributed by atoms with Gasteiger partial charge in [-0.05, 0) is 38.7 Å². The summed E-state index contributed by atoms with van der Waals surface area (Å²) >= 11 is 0. The minimum absolute atomic E-state index is 0.121. The molecular weight excluding hydrogens is 408 g/mol. The second kappa shape index (κ2) is 8.52. The van der Waals surface area contributed by atoms with Crippen LogP contribution in [0.4, 0.5) is 0 Å². The number of likely N-dealkylation sites (tertiary alicyclic amines) is 1. The van der Waals surface area contributed by atoms with Crippen molar-refractivity contribution < 1.29 is 9.59 Å². The quantitative estimate of drug-likeness (QED) is 0.787. The molecule has 0 aromatic carbocycles. The first-order valence-corrected chi connectivity index (χ1v) is 11.8. The maximum atomic E-state index is 13.0. The molecule has 0 radical (unpaired) electrons. The summed E-state index contributed by atoms with van der Waals surface area (Å²) in [4.78, 5) is 50.4. The average molecular weight is 439 g/mol. The normalized spacial score (nSPS) is 21.2. The van der Waals surface area contributed by atoms with Gasteiger partial charge in [-0.3, -0.25) is 19.1 Å². The first kappa shape index (κ1) is 20.9. The standard InChI is InChI=1S/C23H30N6O3/c1-2-29-19(9-11-24-29)23(32)27-13-10-17-16(14-27)21(30)26-20(25-17)18-8-5-12-28(18)22(31)15-6-3-4-7-15/h9,11,15,18H,2-8,10,12-14H2,1H3,(H,25,26,30)/t18-/m0/s1. The number of rotatable bonds is 4. The third-order valence-electron chi connectivity index (χ3n) is 7.17. The molecule has 1 aliphatic carbocycles. The highest BCUT2D eigenvalue weighted by Gasteiger charge is 2.37. The molecule has 2 aromatic heterocycles. The lowest BCUT2D eigenvalue weighted by atomic mass is 10.0. The number of fused-ring (bicyclic) bond motifs is 1. The Bertz CT molecular complexity index is 1080. The Labute approximate surface area is 186 Å². The van der Waals surface area contributed by atoms with Crippen molar-refractivity contribution in [1.82, 2.24) is 29.5 Å². The van der Waals surface area contributed by atoms with E-state index >= 15 is 0 Å². The van der Waals surface area contributed by atoms with Gasteiger partial charge in [0.1, 0.15) is 11.5 Å². The zero-order valence-corrected chi connectivity index (χ0v) is 18.5. The molecule has 2 aliphatic heterocycles. The Balaban J connectivity index is 1.37. The first-order chi connectivity index (χ1) is 15.6. The topological polar surface area (TPSA) is 104 Å². The van der Waals surface area contributed by atoms with Crippen molar-refractivity contribution in [1.29, 1.82) is 0 Å². The highest BCUT2D eigenvalue weighted by Crippen LogP contribution is 2.35. The predicted octanol–water partition coefficient (Wildman–Crippen LogP) is 2.04. The van der Waals surface area contributed by atoms with Crippen molar-refractivity contribution in [3.8, 4) is 0 Å². The Kier molecular flexibility index (Phi) is 5.57. The van der Waals surface area contributed by atoms with E-state index in [-0.39, 0.29) is 35.9 Å². The molecule has 1 N–H and O–H groups in total. The van der Waals surface area contributed by atoms with Gasteiger partial charge in [-0.2, -0.15) is 5.10 Å². The van der Waals surface area contributed by atoms with Crippen LogP contribution in [0.1, 0.15) is 79.1 Å². The third kappa shape index (κ3) is 3.63. The van der Waals surface area contributed by atoms with Gasteiger partial charge in [-0.1, -0.05) is 12.8 Å². The molecule has 2 fully saturated rings. The number of nitrogens with one attached hydrogen (secondary N) is 1. The number of aromatic amines is 1. The molecule has 2 aromatic rings. The monoisotopic (exact) mass is 438 g/mol. The Morgan fingerprint density at radius 1 is 1.16 bits per heavy atom. The van der Waals surface area contributed by atoms with Crippen molar-refractivity contribution in [2.75, 3.05) is 13.1 Å². The molecule has 2 amide bonds. The number of aromatic nitrogens is 4. The number of hydrogen-bond donors (Lipinski definition) is 1. The maximum Gasteiger partial charge on any atom is 0.272 e. The van der Waals surface area contributed by atoms with Crippen LogP contribution in [-0.2, 0) is 24.3 Å². The summed E-state index contributed by atoms with van der Waals surface area (Å²) in [6, 6.07) is 1.56. The number of nitrogens with zero attached hydrogens (tertiary/aromatic N) is 5. The van der Waals surface area contributed by atoms with Crippen LogP contribution in [0.15, 0.2) is 17.1 Å². The summed E-state index contributed by atoms with van der Waals surface area (Å²) in [5.41, 5.74) is 1.62. The Hall–Kier alpha value is -2.97. The number of amides is 2. The lowest BCUT2D eigenvalue weighted by Gasteiger charge is -2.30. The lowest BCUT2D eigenvalue weighted by molar-refractivity contribution is -0.136. The van der Waals surface area contributed by atoms with Gasteiger partial charge in [0.2, 0.25) is 5.91 Å². The van der Waals surface area contributed by atoms with Gasteiger partial charge in [-0.15, -0.1) is 0 Å². The Morgan fingerprint density at radius 2 is 1.97 bits per heavy atom. The number of hydrogen-bond acceptors (Lipinski definition) is 5. The summed E-state index contributed by atoms with van der Waals surface area (Å²) in [5.74, 6) is 0.815. The smallest absolute Gasteiger partial charge is 0.272 e. The molecule has 0 bridgehead atoms. The van der Waals surface area contributed by atoms with Crippen LogP contribution < -0.4 is 5.56 Å². The van der Waals surface area contributed by atoms with Gasteiger partial charge in [0.25, 0.3) is 11.5 Å². The van der Waals surface area contributed by atoms with Crippen LogP contribution in [0.3, 0.4) is 0 Å². The molecule has 9 heteroatoms. The molecule has 32 heavy (non-hydrogen) atoms. The average Bonchev–Trinajstić information content (AvgIpc) is 3.59. The number of carbonyl (C=O) groups is 2. The van der Waals surface area contributed by atoms with E-state index in [1.54, 1.807) is 21.8 Å². The summed E-state index contributed by atoms with van der Waals surface area (Å²) in [7, 11) is 0. The van der Waals surface area contributed by atoms with Crippen molar-refractivity contribution in [2.45, 2.75) is 71.0 Å². The zero-order chi connectivity index (χ0) is 22.2. The largest absolute Gasteiger partial charge is 0.332 e. The minimum atomic E-state index is -0.202. The van der Waals surface area contributed by atoms with Crippen molar-refractivity contribution in [3.63, 3.8) is 0 Å². The molecule has 1 saturated carbocycles. The zero-order valence-electron chi connectivity index (χ0n) is 18.5. The molecule has 0 unspecified atom stereocenters. The third-order valence-corrected chi connectivity index (χ3v) is 7.17. The van der Waals surface area contributed by atoms with E-state index in [0.29, 0.717) is 36.6 Å². The van der Waals surface area contributed by atoms with Gasteiger partial charge < -0.3 is 14.8 Å². The molecule has 9 nitrogen and oxygen atoms in total. The van der Waals surface area contributed by atoms with E-state index < -0.39 is 0 Å². The van der Waals surface area contributed by atoms with E-state index in [1.807, 2.05) is 11.8 Å². The van der Waals surface area contributed by atoms with Gasteiger partial charge in [0, 0.05) is 38.2 Å². The van der Waals surface area contributed by atoms with Crippen molar-refractivity contribution in [3.05, 3.63) is 45.4 Å². The van der Waals surface area contributed by atoms with Crippen LogP contribution in [0.25, 0.3) is 0 Å². The van der Waals surface area contributed by atoms with Crippen LogP contribution in [0.2, 0.25) is 0 Å². The molecule has 1 saturated heterocycles. The highest BCUT2D eigenvalue weighted by atomic mass is 16.2. The van der Waals surface area contributed by atoms with Crippen LogP contribution in [0.5, 0.6) is 0 Å². The first-order valence-electron chi connectivity index (χ1n) is 11.8. The van der Waals surface area contributed by atoms with Crippen LogP contribution in [-0.4, -0.2) is 54.5 Å². The fourth-order valence-corrected chi connectivity index (χ4v) is 5.43. The number of aryl methyl sites for hydroxylation is 1. The molecule has 3 aliphatic rings. The molecule has 170 valence electrons. The van der Waals surface area contributed by atoms with Gasteiger partial charge in [-0.25, -0.2) is 4.98 Å². The summed E-state index contributed by atoms with van der Waals surface area (Å²) in [5, 5.41) is 4.17. The predicted molar refractivity (Wildman–Crippen MR) is 117 cm³/mol. The van der Waals surface area contributed by atoms with Crippen molar-refractivity contribution >= 4 is 11.8 Å². The van der Waals surface area contributed by atoms with Gasteiger partial charge >= 0.3 is 0 Å². The van der Waals surface area contributed by atoms with Gasteiger partial charge in [0.15, 0.2) is 0 Å².